The zero-order valence-electron chi connectivity index (χ0n) is 10.7. The molecule has 3 nitrogen and oxygen atoms in total. The lowest BCUT2D eigenvalue weighted by atomic mass is 10.2. The Labute approximate surface area is 110 Å². The Morgan fingerprint density at radius 3 is 2.84 bits per heavy atom. The molecule has 1 saturated carbocycles. The number of nitrogens with zero attached hydrogens (tertiary/aromatic N) is 2. The van der Waals surface area contributed by atoms with Crippen LogP contribution in [0, 0.1) is 18.6 Å². The average Bonchev–Trinajstić information content (AvgIpc) is 3.11. The molecule has 0 saturated heterocycles. The molecule has 1 fully saturated rings. The highest BCUT2D eigenvalue weighted by Gasteiger charge is 2.20. The largest absolute Gasteiger partial charge is 0.308 e. The Balaban J connectivity index is 1.87. The molecule has 1 aliphatic rings. The molecule has 3 rings (SSSR count). The van der Waals surface area contributed by atoms with E-state index in [1.807, 2.05) is 0 Å². The summed E-state index contributed by atoms with van der Waals surface area (Å²) in [5, 5.41) is 7.53. The molecule has 1 heterocycles. The van der Waals surface area contributed by atoms with Crippen molar-refractivity contribution in [2.75, 3.05) is 0 Å². The molecule has 0 unspecified atom stereocenters. The molecule has 1 aromatic carbocycles. The van der Waals surface area contributed by atoms with Crippen LogP contribution in [0.15, 0.2) is 24.4 Å². The van der Waals surface area contributed by atoms with Gasteiger partial charge in [0.25, 0.3) is 0 Å². The summed E-state index contributed by atoms with van der Waals surface area (Å²) in [5.74, 6) is -1.17. The van der Waals surface area contributed by atoms with Crippen molar-refractivity contribution in [2.45, 2.75) is 32.4 Å². The molecular weight excluding hydrogens is 248 g/mol. The normalized spacial score (nSPS) is 14.9. The average molecular weight is 263 g/mol. The molecule has 1 N–H and O–H groups in total. The molecule has 0 amide bonds. The van der Waals surface area contributed by atoms with E-state index in [2.05, 4.69) is 10.4 Å². The van der Waals surface area contributed by atoms with E-state index in [-0.39, 0.29) is 5.69 Å². The van der Waals surface area contributed by atoms with Gasteiger partial charge in [0.1, 0.15) is 5.69 Å². The molecule has 1 aromatic heterocycles. The molecular formula is C14H15F2N3. The molecule has 0 bridgehead atoms. The first kappa shape index (κ1) is 12.3. The summed E-state index contributed by atoms with van der Waals surface area (Å²) >= 11 is 0. The highest BCUT2D eigenvalue weighted by Crippen LogP contribution is 2.21. The maximum atomic E-state index is 14.0. The third-order valence-corrected chi connectivity index (χ3v) is 3.28. The Kier molecular flexibility index (Phi) is 3.06. The van der Waals surface area contributed by atoms with Crippen LogP contribution in [-0.2, 0) is 6.54 Å². The number of halogens is 2. The van der Waals surface area contributed by atoms with Crippen molar-refractivity contribution in [3.63, 3.8) is 0 Å². The molecule has 5 heteroatoms. The number of rotatable bonds is 4. The van der Waals surface area contributed by atoms with E-state index in [1.165, 1.54) is 29.7 Å². The van der Waals surface area contributed by atoms with Gasteiger partial charge in [-0.3, -0.25) is 0 Å². The molecule has 0 radical (unpaired) electrons. The molecule has 0 atom stereocenters. The van der Waals surface area contributed by atoms with Gasteiger partial charge in [0.15, 0.2) is 11.6 Å². The summed E-state index contributed by atoms with van der Waals surface area (Å²) in [7, 11) is 0. The van der Waals surface area contributed by atoms with E-state index in [1.54, 1.807) is 19.2 Å². The number of aromatic nitrogens is 2. The van der Waals surface area contributed by atoms with Crippen molar-refractivity contribution in [1.29, 1.82) is 0 Å². The van der Waals surface area contributed by atoms with Crippen molar-refractivity contribution in [3.8, 4) is 5.69 Å². The first-order valence-electron chi connectivity index (χ1n) is 6.38. The fraction of sp³-hybridized carbons (Fsp3) is 0.357. The van der Waals surface area contributed by atoms with Crippen LogP contribution >= 0.6 is 0 Å². The van der Waals surface area contributed by atoms with E-state index in [9.17, 15) is 8.78 Å². The van der Waals surface area contributed by atoms with Gasteiger partial charge in [0, 0.05) is 18.8 Å². The van der Waals surface area contributed by atoms with Crippen LogP contribution in [0.25, 0.3) is 5.69 Å². The number of benzene rings is 1. The predicted molar refractivity (Wildman–Crippen MR) is 68.1 cm³/mol. The third-order valence-electron chi connectivity index (χ3n) is 3.28. The second-order valence-corrected chi connectivity index (χ2v) is 4.93. The summed E-state index contributed by atoms with van der Waals surface area (Å²) in [4.78, 5) is 0. The minimum atomic E-state index is -0.604. The van der Waals surface area contributed by atoms with Crippen molar-refractivity contribution in [1.82, 2.24) is 15.1 Å². The van der Waals surface area contributed by atoms with Crippen LogP contribution < -0.4 is 5.32 Å². The topological polar surface area (TPSA) is 29.9 Å². The van der Waals surface area contributed by atoms with Crippen LogP contribution in [0.1, 0.15) is 24.1 Å². The number of hydrogen-bond acceptors (Lipinski definition) is 2. The summed E-state index contributed by atoms with van der Waals surface area (Å²) in [6.07, 6.45) is 3.98. The van der Waals surface area contributed by atoms with Gasteiger partial charge >= 0.3 is 0 Å². The van der Waals surface area contributed by atoms with Crippen LogP contribution in [0.4, 0.5) is 8.78 Å². The van der Waals surface area contributed by atoms with Crippen LogP contribution in [0.3, 0.4) is 0 Å². The van der Waals surface area contributed by atoms with E-state index in [0.29, 0.717) is 18.2 Å². The van der Waals surface area contributed by atoms with E-state index < -0.39 is 11.6 Å². The number of nitrogens with one attached hydrogen (secondary N) is 1. The monoisotopic (exact) mass is 263 g/mol. The van der Waals surface area contributed by atoms with Gasteiger partial charge in [-0.25, -0.2) is 13.5 Å². The van der Waals surface area contributed by atoms with Gasteiger partial charge in [-0.05, 0) is 37.5 Å². The number of aryl methyl sites for hydroxylation is 1. The third kappa shape index (κ3) is 2.51. The van der Waals surface area contributed by atoms with Crippen molar-refractivity contribution in [2.24, 2.45) is 0 Å². The van der Waals surface area contributed by atoms with Crippen LogP contribution in [-0.4, -0.2) is 15.8 Å². The van der Waals surface area contributed by atoms with E-state index in [4.69, 9.17) is 0 Å². The molecule has 19 heavy (non-hydrogen) atoms. The molecule has 100 valence electrons. The Hall–Kier alpha value is -1.75. The van der Waals surface area contributed by atoms with Gasteiger partial charge < -0.3 is 5.32 Å². The highest BCUT2D eigenvalue weighted by molar-refractivity contribution is 5.38. The van der Waals surface area contributed by atoms with E-state index >= 15 is 0 Å². The fourth-order valence-electron chi connectivity index (χ4n) is 1.97. The molecule has 0 spiro atoms. The SMILES string of the molecule is Cc1ccc(F)c(-n2ccc(CNC3CC3)n2)c1F. The van der Waals surface area contributed by atoms with Crippen molar-refractivity contribution < 1.29 is 8.78 Å². The summed E-state index contributed by atoms with van der Waals surface area (Å²) < 4.78 is 29.0. The van der Waals surface area contributed by atoms with Crippen LogP contribution in [0.2, 0.25) is 0 Å². The summed E-state index contributed by atoms with van der Waals surface area (Å²) in [6, 6.07) is 5.04. The lowest BCUT2D eigenvalue weighted by molar-refractivity contribution is 0.552. The standard InChI is InChI=1S/C14H15F2N3/c1-9-2-5-12(15)14(13(9)16)19-7-6-11(18-19)8-17-10-3-4-10/h2,5-7,10,17H,3-4,8H2,1H3. The Bertz CT molecular complexity index is 603. The fourth-order valence-corrected chi connectivity index (χ4v) is 1.97. The Morgan fingerprint density at radius 2 is 2.11 bits per heavy atom. The lowest BCUT2D eigenvalue weighted by Crippen LogP contribution is -2.16. The maximum Gasteiger partial charge on any atom is 0.154 e. The quantitative estimate of drug-likeness (QED) is 0.919. The van der Waals surface area contributed by atoms with E-state index in [0.717, 1.165) is 5.69 Å². The van der Waals surface area contributed by atoms with Gasteiger partial charge in [-0.15, -0.1) is 0 Å². The number of hydrogen-bond donors (Lipinski definition) is 1. The minimum Gasteiger partial charge on any atom is -0.308 e. The zero-order valence-corrected chi connectivity index (χ0v) is 10.7. The summed E-state index contributed by atoms with van der Waals surface area (Å²) in [5.41, 5.74) is 1.08. The summed E-state index contributed by atoms with van der Waals surface area (Å²) in [6.45, 7) is 2.24. The smallest absolute Gasteiger partial charge is 0.154 e. The second-order valence-electron chi connectivity index (χ2n) is 4.93. The Morgan fingerprint density at radius 1 is 1.32 bits per heavy atom. The highest BCUT2D eigenvalue weighted by atomic mass is 19.1. The molecule has 0 aliphatic heterocycles. The van der Waals surface area contributed by atoms with Crippen molar-refractivity contribution >= 4 is 0 Å². The zero-order chi connectivity index (χ0) is 13.4. The van der Waals surface area contributed by atoms with Gasteiger partial charge in [0.05, 0.1) is 5.69 Å². The van der Waals surface area contributed by atoms with Gasteiger partial charge in [-0.2, -0.15) is 5.10 Å². The molecule has 2 aromatic rings. The minimum absolute atomic E-state index is 0.113. The maximum absolute atomic E-state index is 14.0. The predicted octanol–water partition coefficient (Wildman–Crippen LogP) is 2.71. The first-order valence-corrected chi connectivity index (χ1v) is 6.38. The molecule has 1 aliphatic carbocycles. The second kappa shape index (κ2) is 4.74. The van der Waals surface area contributed by atoms with Crippen LogP contribution in [0.5, 0.6) is 0 Å². The first-order chi connectivity index (χ1) is 9.15. The van der Waals surface area contributed by atoms with Crippen molar-refractivity contribution in [3.05, 3.63) is 47.3 Å². The van der Waals surface area contributed by atoms with Gasteiger partial charge in [-0.1, -0.05) is 6.07 Å². The lowest BCUT2D eigenvalue weighted by Gasteiger charge is -2.07. The van der Waals surface area contributed by atoms with Gasteiger partial charge in [0.2, 0.25) is 0 Å².